The third-order valence-electron chi connectivity index (χ3n) is 6.84. The molecule has 3 heterocycles. The Bertz CT molecular complexity index is 1500. The molecule has 0 bridgehead atoms. The molecule has 0 fully saturated rings. The predicted octanol–water partition coefficient (Wildman–Crippen LogP) is 5.57. The van der Waals surface area contributed by atoms with E-state index >= 15 is 0 Å². The summed E-state index contributed by atoms with van der Waals surface area (Å²) in [6.07, 6.45) is 7.02. The van der Waals surface area contributed by atoms with Crippen molar-refractivity contribution in [2.45, 2.75) is 38.1 Å². The molecule has 2 aromatic carbocycles. The summed E-state index contributed by atoms with van der Waals surface area (Å²) in [7, 11) is 0. The number of ether oxygens (including phenoxy) is 1. The van der Waals surface area contributed by atoms with Gasteiger partial charge in [0, 0.05) is 24.2 Å². The van der Waals surface area contributed by atoms with Gasteiger partial charge in [0.2, 0.25) is 0 Å². The molecule has 4 aromatic rings. The number of nitrogens with one attached hydrogen (secondary N) is 3. The monoisotopic (exact) mass is 593 g/mol. The van der Waals surface area contributed by atoms with Gasteiger partial charge in [-0.05, 0) is 67.1 Å². The number of carbonyl (C=O) groups is 2. The van der Waals surface area contributed by atoms with Crippen molar-refractivity contribution >= 4 is 40.9 Å². The van der Waals surface area contributed by atoms with Crippen LogP contribution in [0.5, 0.6) is 5.75 Å². The van der Waals surface area contributed by atoms with E-state index in [4.69, 9.17) is 32.9 Å². The largest absolute Gasteiger partial charge is 0.494 e. The third-order valence-corrected chi connectivity index (χ3v) is 7.44. The van der Waals surface area contributed by atoms with Crippen LogP contribution >= 0.6 is 23.2 Å². The number of amides is 1. The van der Waals surface area contributed by atoms with Gasteiger partial charge in [-0.25, -0.2) is 14.8 Å². The van der Waals surface area contributed by atoms with Gasteiger partial charge in [0.05, 0.1) is 40.4 Å². The van der Waals surface area contributed by atoms with E-state index in [0.717, 1.165) is 49.3 Å². The van der Waals surface area contributed by atoms with Crippen LogP contribution < -0.4 is 15.4 Å². The lowest BCUT2D eigenvalue weighted by Crippen LogP contribution is -2.42. The van der Waals surface area contributed by atoms with E-state index in [9.17, 15) is 14.7 Å². The zero-order chi connectivity index (χ0) is 28.8. The minimum atomic E-state index is -1.19. The minimum Gasteiger partial charge on any atom is -0.494 e. The van der Waals surface area contributed by atoms with Crippen LogP contribution in [0.4, 0.5) is 5.82 Å². The number of hydrogen-bond donors (Lipinski definition) is 4. The Morgan fingerprint density at radius 1 is 1.10 bits per heavy atom. The van der Waals surface area contributed by atoms with Gasteiger partial charge < -0.3 is 25.5 Å². The lowest BCUT2D eigenvalue weighted by molar-refractivity contribution is -0.139. The first kappa shape index (κ1) is 28.4. The lowest BCUT2D eigenvalue weighted by atomic mass is 10.0. The second-order valence-corrected chi connectivity index (χ2v) is 10.6. The fourth-order valence-electron chi connectivity index (χ4n) is 4.70. The molecule has 1 atom stereocenters. The highest BCUT2D eigenvalue weighted by atomic mass is 35.5. The zero-order valence-electron chi connectivity index (χ0n) is 22.1. The summed E-state index contributed by atoms with van der Waals surface area (Å²) in [5.41, 5.74) is 4.37. The average Bonchev–Trinajstić information content (AvgIpc) is 3.51. The van der Waals surface area contributed by atoms with E-state index < -0.39 is 17.9 Å². The molecule has 2 aromatic heterocycles. The van der Waals surface area contributed by atoms with Crippen LogP contribution in [-0.2, 0) is 24.1 Å². The van der Waals surface area contributed by atoms with Crippen molar-refractivity contribution in [3.63, 3.8) is 0 Å². The predicted molar refractivity (Wildman–Crippen MR) is 158 cm³/mol. The molecular formula is C30H29Cl2N5O4. The van der Waals surface area contributed by atoms with Crippen molar-refractivity contribution in [2.75, 3.05) is 18.5 Å². The molecule has 1 amide bonds. The van der Waals surface area contributed by atoms with Gasteiger partial charge in [-0.15, -0.1) is 0 Å². The SMILES string of the molecule is O=C(NC(Cc1ccc(OCCCc2ccc3c(n2)NCCC3)cc1)C(=O)O)c1c(Cl)cc(-c2cnc[nH]2)cc1Cl. The molecule has 0 saturated carbocycles. The summed E-state index contributed by atoms with van der Waals surface area (Å²) >= 11 is 12.7. The Morgan fingerprint density at radius 2 is 1.88 bits per heavy atom. The van der Waals surface area contributed by atoms with E-state index in [1.165, 1.54) is 11.9 Å². The number of aryl methyl sites for hydroxylation is 2. The number of H-pyrrole nitrogens is 1. The van der Waals surface area contributed by atoms with Gasteiger partial charge in [-0.3, -0.25) is 4.79 Å². The number of aliphatic carboxylic acids is 1. The van der Waals surface area contributed by atoms with Crippen LogP contribution in [0.25, 0.3) is 11.3 Å². The van der Waals surface area contributed by atoms with Gasteiger partial charge in [0.15, 0.2) is 0 Å². The molecule has 212 valence electrons. The van der Waals surface area contributed by atoms with Crippen molar-refractivity contribution in [2.24, 2.45) is 0 Å². The fourth-order valence-corrected chi connectivity index (χ4v) is 5.36. The standard InChI is InChI=1S/C30H29Cl2N5O4/c31-23-14-20(26-16-33-17-35-26)15-24(32)27(23)29(38)37-25(30(39)40)13-18-5-9-22(10-6-18)41-12-2-4-21-8-7-19-3-1-11-34-28(19)36-21/h5-10,14-17,25H,1-4,11-13H2,(H,33,35)(H,34,36)(H,37,38)(H,39,40). The number of nitrogens with zero attached hydrogens (tertiary/aromatic N) is 2. The number of carbonyl (C=O) groups excluding carboxylic acids is 1. The Morgan fingerprint density at radius 3 is 2.59 bits per heavy atom. The van der Waals surface area contributed by atoms with Crippen LogP contribution in [0.3, 0.4) is 0 Å². The van der Waals surface area contributed by atoms with Crippen LogP contribution in [0.2, 0.25) is 10.0 Å². The van der Waals surface area contributed by atoms with Crippen molar-refractivity contribution in [3.05, 3.63) is 93.5 Å². The highest BCUT2D eigenvalue weighted by molar-refractivity contribution is 6.40. The number of aromatic amines is 1. The first-order valence-electron chi connectivity index (χ1n) is 13.3. The second kappa shape index (κ2) is 13.1. The molecule has 0 aliphatic carbocycles. The summed E-state index contributed by atoms with van der Waals surface area (Å²) in [6.45, 7) is 1.49. The van der Waals surface area contributed by atoms with E-state index in [0.29, 0.717) is 23.6 Å². The molecule has 1 unspecified atom stereocenters. The maximum atomic E-state index is 13.0. The lowest BCUT2D eigenvalue weighted by Gasteiger charge is -2.17. The molecule has 4 N–H and O–H groups in total. The van der Waals surface area contributed by atoms with Gasteiger partial charge in [-0.1, -0.05) is 41.4 Å². The van der Waals surface area contributed by atoms with Crippen molar-refractivity contribution in [1.29, 1.82) is 0 Å². The molecule has 0 radical (unpaired) electrons. The highest BCUT2D eigenvalue weighted by Crippen LogP contribution is 2.31. The minimum absolute atomic E-state index is 0.00782. The average molecular weight is 594 g/mol. The van der Waals surface area contributed by atoms with Gasteiger partial charge in [0.1, 0.15) is 17.6 Å². The number of imidazole rings is 1. The van der Waals surface area contributed by atoms with Crippen molar-refractivity contribution < 1.29 is 19.4 Å². The van der Waals surface area contributed by atoms with Gasteiger partial charge in [-0.2, -0.15) is 0 Å². The van der Waals surface area contributed by atoms with Crippen molar-refractivity contribution in [3.8, 4) is 17.0 Å². The van der Waals surface area contributed by atoms with Crippen LogP contribution in [0.15, 0.2) is 61.1 Å². The smallest absolute Gasteiger partial charge is 0.326 e. The van der Waals surface area contributed by atoms with Crippen molar-refractivity contribution in [1.82, 2.24) is 20.3 Å². The Labute approximate surface area is 247 Å². The Kier molecular flexibility index (Phi) is 9.06. The second-order valence-electron chi connectivity index (χ2n) is 9.79. The molecule has 9 nitrogen and oxygen atoms in total. The quantitative estimate of drug-likeness (QED) is 0.167. The number of carboxylic acids is 1. The number of pyridine rings is 1. The Hall–Kier alpha value is -4.08. The van der Waals surface area contributed by atoms with E-state index in [-0.39, 0.29) is 22.0 Å². The molecule has 11 heteroatoms. The molecule has 0 spiro atoms. The molecule has 5 rings (SSSR count). The third kappa shape index (κ3) is 7.17. The fraction of sp³-hybridized carbons (Fsp3) is 0.267. The number of carboxylic acid groups (broad SMARTS) is 1. The molecule has 1 aliphatic heterocycles. The van der Waals surface area contributed by atoms with Crippen LogP contribution in [0, 0.1) is 0 Å². The summed E-state index contributed by atoms with van der Waals surface area (Å²) in [4.78, 5) is 36.6. The summed E-state index contributed by atoms with van der Waals surface area (Å²) < 4.78 is 5.87. The first-order chi connectivity index (χ1) is 19.9. The topological polar surface area (TPSA) is 129 Å². The number of anilines is 1. The number of benzene rings is 2. The van der Waals surface area contributed by atoms with Crippen LogP contribution in [0.1, 0.15) is 40.0 Å². The zero-order valence-corrected chi connectivity index (χ0v) is 23.6. The van der Waals surface area contributed by atoms with E-state index in [1.807, 2.05) is 0 Å². The summed E-state index contributed by atoms with van der Waals surface area (Å²) in [5, 5.41) is 15.9. The Balaban J connectivity index is 1.14. The summed E-state index contributed by atoms with van der Waals surface area (Å²) in [6, 6.07) is 13.3. The van der Waals surface area contributed by atoms with E-state index in [1.54, 1.807) is 42.6 Å². The maximum absolute atomic E-state index is 13.0. The maximum Gasteiger partial charge on any atom is 0.326 e. The van der Waals surface area contributed by atoms with Gasteiger partial charge >= 0.3 is 5.97 Å². The number of halogens is 2. The van der Waals surface area contributed by atoms with Gasteiger partial charge in [0.25, 0.3) is 5.91 Å². The summed E-state index contributed by atoms with van der Waals surface area (Å²) in [5.74, 6) is -0.171. The molecular weight excluding hydrogens is 565 g/mol. The first-order valence-corrected chi connectivity index (χ1v) is 14.1. The molecule has 1 aliphatic rings. The highest BCUT2D eigenvalue weighted by Gasteiger charge is 2.24. The van der Waals surface area contributed by atoms with Crippen LogP contribution in [-0.4, -0.2) is 51.1 Å². The van der Waals surface area contributed by atoms with E-state index in [2.05, 4.69) is 32.7 Å². The number of fused-ring (bicyclic) bond motifs is 1. The molecule has 0 saturated heterocycles. The normalized spacial score (nSPS) is 13.1. The number of hydrogen-bond acceptors (Lipinski definition) is 6. The number of aromatic nitrogens is 3. The number of rotatable bonds is 11. The molecule has 41 heavy (non-hydrogen) atoms.